The molecule has 0 aliphatic heterocycles. The van der Waals surface area contributed by atoms with Crippen LogP contribution in [0.2, 0.25) is 0 Å². The van der Waals surface area contributed by atoms with Gasteiger partial charge in [0.15, 0.2) is 0 Å². The number of ether oxygens (including phenoxy) is 2. The third-order valence-electron chi connectivity index (χ3n) is 5.35. The molecule has 0 aliphatic carbocycles. The third-order valence-corrected chi connectivity index (χ3v) is 5.35. The Hall–Kier alpha value is -3.94. The van der Waals surface area contributed by atoms with Crippen LogP contribution in [0, 0.1) is 13.8 Å². The molecule has 8 nitrogen and oxygen atoms in total. The van der Waals surface area contributed by atoms with E-state index >= 15 is 0 Å². The lowest BCUT2D eigenvalue weighted by atomic mass is 10.0. The lowest BCUT2D eigenvalue weighted by Crippen LogP contribution is -2.24. The Morgan fingerprint density at radius 2 is 1.56 bits per heavy atom. The zero-order valence-corrected chi connectivity index (χ0v) is 18.7. The Balaban J connectivity index is 1.84. The molecule has 0 spiro atoms. The van der Waals surface area contributed by atoms with E-state index in [-0.39, 0.29) is 5.75 Å². The van der Waals surface area contributed by atoms with E-state index in [1.54, 1.807) is 42.3 Å². The number of benzene rings is 2. The predicted molar refractivity (Wildman–Crippen MR) is 121 cm³/mol. The van der Waals surface area contributed by atoms with Gasteiger partial charge in [-0.15, -0.1) is 5.10 Å². The Labute approximate surface area is 186 Å². The maximum atomic E-state index is 13.5. The number of hydrogen-bond donors (Lipinski definition) is 0. The molecule has 0 unspecified atom stereocenters. The minimum Gasteiger partial charge on any atom is -0.497 e. The van der Waals surface area contributed by atoms with E-state index in [4.69, 9.17) is 9.47 Å². The molecular formula is C24H25N5O3. The summed E-state index contributed by atoms with van der Waals surface area (Å²) in [4.78, 5) is 13.5. The van der Waals surface area contributed by atoms with Crippen LogP contribution < -0.4 is 15.0 Å². The Morgan fingerprint density at radius 3 is 2.12 bits per heavy atom. The summed E-state index contributed by atoms with van der Waals surface area (Å²) in [7, 11) is 1.59. The van der Waals surface area contributed by atoms with Crippen LogP contribution in [0.5, 0.6) is 17.2 Å². The molecular weight excluding hydrogens is 406 g/mol. The van der Waals surface area contributed by atoms with Crippen molar-refractivity contribution in [2.75, 3.05) is 7.11 Å². The molecule has 2 aromatic heterocycles. The standard InChI is InChI=1S/C24H25N5O3/c1-15(2)18-6-8-19(9-7-18)29-24(30)23(32-21-12-10-20(31-5)11-13-21)22(14-25-29)28-17(4)16(3)26-27-28/h6-15H,1-5H3. The van der Waals surface area contributed by atoms with E-state index in [1.807, 2.05) is 38.1 Å². The van der Waals surface area contributed by atoms with Crippen LogP contribution in [-0.4, -0.2) is 31.9 Å². The summed E-state index contributed by atoms with van der Waals surface area (Å²) in [6.45, 7) is 7.98. The SMILES string of the molecule is COc1ccc(Oc2c(-n3nnc(C)c3C)cnn(-c3ccc(C(C)C)cc3)c2=O)cc1. The van der Waals surface area contributed by atoms with Gasteiger partial charge < -0.3 is 9.47 Å². The summed E-state index contributed by atoms with van der Waals surface area (Å²) in [6.07, 6.45) is 1.57. The summed E-state index contributed by atoms with van der Waals surface area (Å²) in [5.74, 6) is 1.68. The topological polar surface area (TPSA) is 84.1 Å². The van der Waals surface area contributed by atoms with Gasteiger partial charge in [0.05, 0.1) is 30.4 Å². The largest absolute Gasteiger partial charge is 0.497 e. The van der Waals surface area contributed by atoms with Crippen LogP contribution in [-0.2, 0) is 0 Å². The number of rotatable bonds is 6. The molecule has 164 valence electrons. The molecule has 0 N–H and O–H groups in total. The van der Waals surface area contributed by atoms with Crippen LogP contribution in [0.4, 0.5) is 0 Å². The molecule has 0 bridgehead atoms. The highest BCUT2D eigenvalue weighted by Crippen LogP contribution is 2.27. The van der Waals surface area contributed by atoms with E-state index in [0.29, 0.717) is 28.8 Å². The van der Waals surface area contributed by atoms with Crippen LogP contribution in [0.15, 0.2) is 59.5 Å². The number of aromatic nitrogens is 5. The zero-order valence-electron chi connectivity index (χ0n) is 18.7. The van der Waals surface area contributed by atoms with Gasteiger partial charge >= 0.3 is 5.56 Å². The van der Waals surface area contributed by atoms with Gasteiger partial charge in [-0.3, -0.25) is 4.79 Å². The molecule has 4 aromatic rings. The van der Waals surface area contributed by atoms with Crippen molar-refractivity contribution in [2.24, 2.45) is 0 Å². The molecule has 8 heteroatoms. The van der Waals surface area contributed by atoms with Gasteiger partial charge in [0.25, 0.3) is 0 Å². The van der Waals surface area contributed by atoms with E-state index in [9.17, 15) is 4.79 Å². The Bertz CT molecular complexity index is 1290. The van der Waals surface area contributed by atoms with Crippen molar-refractivity contribution in [2.45, 2.75) is 33.6 Å². The second kappa shape index (κ2) is 8.66. The minimum absolute atomic E-state index is 0.103. The zero-order chi connectivity index (χ0) is 22.8. The number of nitrogens with zero attached hydrogens (tertiary/aromatic N) is 5. The van der Waals surface area contributed by atoms with Crippen molar-refractivity contribution in [1.29, 1.82) is 0 Å². The highest BCUT2D eigenvalue weighted by Gasteiger charge is 2.20. The van der Waals surface area contributed by atoms with Gasteiger partial charge in [0.1, 0.15) is 17.2 Å². The van der Waals surface area contributed by atoms with E-state index in [0.717, 1.165) is 11.4 Å². The summed E-state index contributed by atoms with van der Waals surface area (Å²) in [5, 5.41) is 12.7. The fraction of sp³-hybridized carbons (Fsp3) is 0.250. The lowest BCUT2D eigenvalue weighted by Gasteiger charge is -2.14. The molecule has 4 rings (SSSR count). The second-order valence-corrected chi connectivity index (χ2v) is 7.77. The molecule has 0 fully saturated rings. The van der Waals surface area contributed by atoms with E-state index < -0.39 is 5.56 Å². The molecule has 2 heterocycles. The van der Waals surface area contributed by atoms with Gasteiger partial charge in [0.2, 0.25) is 5.75 Å². The Kier molecular flexibility index (Phi) is 5.77. The average molecular weight is 431 g/mol. The maximum Gasteiger partial charge on any atom is 0.316 e. The van der Waals surface area contributed by atoms with Gasteiger partial charge in [-0.1, -0.05) is 31.2 Å². The van der Waals surface area contributed by atoms with Gasteiger partial charge in [-0.05, 0) is 61.7 Å². The van der Waals surface area contributed by atoms with Crippen LogP contribution in [0.3, 0.4) is 0 Å². The smallest absolute Gasteiger partial charge is 0.316 e. The summed E-state index contributed by atoms with van der Waals surface area (Å²) in [5.41, 5.74) is 3.40. The quantitative estimate of drug-likeness (QED) is 0.451. The fourth-order valence-corrected chi connectivity index (χ4v) is 3.26. The summed E-state index contributed by atoms with van der Waals surface area (Å²) in [6, 6.07) is 14.8. The molecule has 32 heavy (non-hydrogen) atoms. The van der Waals surface area contributed by atoms with E-state index in [2.05, 4.69) is 29.3 Å². The predicted octanol–water partition coefficient (Wildman–Crippen LogP) is 4.35. The number of aryl methyl sites for hydroxylation is 1. The van der Waals surface area contributed by atoms with Crippen LogP contribution in [0.1, 0.15) is 36.7 Å². The first-order valence-electron chi connectivity index (χ1n) is 10.3. The average Bonchev–Trinajstić information content (AvgIpc) is 3.14. The minimum atomic E-state index is -0.400. The maximum absolute atomic E-state index is 13.5. The van der Waals surface area contributed by atoms with Crippen molar-refractivity contribution in [3.8, 4) is 28.6 Å². The third kappa shape index (κ3) is 3.99. The normalized spacial score (nSPS) is 11.1. The monoisotopic (exact) mass is 431 g/mol. The molecule has 2 aromatic carbocycles. The van der Waals surface area contributed by atoms with E-state index in [1.165, 1.54) is 10.2 Å². The van der Waals surface area contributed by atoms with Gasteiger partial charge in [-0.25, -0.2) is 4.68 Å². The molecule has 0 amide bonds. The first kappa shape index (κ1) is 21.3. The Morgan fingerprint density at radius 1 is 0.906 bits per heavy atom. The molecule has 0 saturated carbocycles. The highest BCUT2D eigenvalue weighted by molar-refractivity contribution is 5.48. The van der Waals surface area contributed by atoms with Crippen LogP contribution in [0.25, 0.3) is 11.4 Å². The molecule has 0 aliphatic rings. The van der Waals surface area contributed by atoms with Gasteiger partial charge in [0, 0.05) is 0 Å². The molecule has 0 atom stereocenters. The van der Waals surface area contributed by atoms with Crippen LogP contribution >= 0.6 is 0 Å². The van der Waals surface area contributed by atoms with Crippen molar-refractivity contribution >= 4 is 0 Å². The number of hydrogen-bond acceptors (Lipinski definition) is 6. The second-order valence-electron chi connectivity index (χ2n) is 7.77. The van der Waals surface area contributed by atoms with Crippen molar-refractivity contribution in [3.63, 3.8) is 0 Å². The fourth-order valence-electron chi connectivity index (χ4n) is 3.26. The first-order chi connectivity index (χ1) is 15.4. The summed E-state index contributed by atoms with van der Waals surface area (Å²) >= 11 is 0. The van der Waals surface area contributed by atoms with Crippen molar-refractivity contribution in [3.05, 3.63) is 82.0 Å². The first-order valence-corrected chi connectivity index (χ1v) is 10.3. The molecule has 0 saturated heterocycles. The van der Waals surface area contributed by atoms with Crippen molar-refractivity contribution in [1.82, 2.24) is 24.8 Å². The van der Waals surface area contributed by atoms with Gasteiger partial charge in [-0.2, -0.15) is 9.78 Å². The lowest BCUT2D eigenvalue weighted by molar-refractivity contribution is 0.412. The van der Waals surface area contributed by atoms with Crippen molar-refractivity contribution < 1.29 is 9.47 Å². The number of methoxy groups -OCH3 is 1. The summed E-state index contributed by atoms with van der Waals surface area (Å²) < 4.78 is 14.2. The molecule has 0 radical (unpaired) electrons. The highest BCUT2D eigenvalue weighted by atomic mass is 16.5.